The van der Waals surface area contributed by atoms with Crippen LogP contribution >= 0.6 is 0 Å². The van der Waals surface area contributed by atoms with Crippen molar-refractivity contribution < 1.29 is 28.9 Å². The third-order valence-corrected chi connectivity index (χ3v) is 6.00. The lowest BCUT2D eigenvalue weighted by atomic mass is 9.99. The Hall–Kier alpha value is -4.60. The number of hydrogen-bond acceptors (Lipinski definition) is 8. The highest BCUT2D eigenvalue weighted by Gasteiger charge is 2.46. The Morgan fingerprint density at radius 2 is 2.00 bits per heavy atom. The van der Waals surface area contributed by atoms with Gasteiger partial charge in [0.2, 0.25) is 5.54 Å². The molecule has 2 aromatic heterocycles. The molecule has 3 heterocycles. The Morgan fingerprint density at radius 3 is 2.76 bits per heavy atom. The average Bonchev–Trinajstić information content (AvgIpc) is 3.53. The molecule has 0 bridgehead atoms. The number of imide groups is 1. The van der Waals surface area contributed by atoms with E-state index in [1.165, 1.54) is 11.7 Å². The van der Waals surface area contributed by atoms with Crippen LogP contribution in [-0.4, -0.2) is 69.6 Å². The standard InChI is InChI=1S/C25H24N6O6/c1-35-9-10-37-15-31-21-6-3-16(11-20(21)28-29-31)7-8-25(23(33)26-24(34)27-25)14-30-13-17-4-5-18(36-2)12-19(17)22(30)32/h3-6,11-13,32H,9-10,14-15H2,1-2H3,(H2,26,27,33,34)/t25-/m1/s1. The van der Waals surface area contributed by atoms with Gasteiger partial charge < -0.3 is 29.2 Å². The summed E-state index contributed by atoms with van der Waals surface area (Å²) in [5.74, 6) is 5.77. The van der Waals surface area contributed by atoms with Crippen LogP contribution in [0.25, 0.3) is 21.8 Å². The van der Waals surface area contributed by atoms with Crippen LogP contribution in [-0.2, 0) is 27.5 Å². The molecule has 1 atom stereocenters. The number of ether oxygens (including phenoxy) is 3. The molecule has 0 unspecified atom stereocenters. The van der Waals surface area contributed by atoms with Crippen molar-refractivity contribution >= 4 is 33.7 Å². The molecule has 1 saturated heterocycles. The lowest BCUT2D eigenvalue weighted by molar-refractivity contribution is -0.122. The second-order valence-corrected chi connectivity index (χ2v) is 8.42. The maximum absolute atomic E-state index is 12.9. The van der Waals surface area contributed by atoms with Crippen LogP contribution in [0, 0.1) is 11.8 Å². The number of carbonyl (C=O) groups is 2. The second-order valence-electron chi connectivity index (χ2n) is 8.42. The Balaban J connectivity index is 1.44. The second kappa shape index (κ2) is 9.81. The van der Waals surface area contributed by atoms with Crippen LogP contribution in [0.15, 0.2) is 42.6 Å². The summed E-state index contributed by atoms with van der Waals surface area (Å²) in [4.78, 5) is 24.9. The lowest BCUT2D eigenvalue weighted by Gasteiger charge is -2.20. The number of hydrogen-bond donors (Lipinski definition) is 3. The Bertz CT molecular complexity index is 1560. The van der Waals surface area contributed by atoms with Crippen molar-refractivity contribution in [1.29, 1.82) is 0 Å². The Labute approximate surface area is 211 Å². The first kappa shape index (κ1) is 24.1. The fourth-order valence-electron chi connectivity index (χ4n) is 4.08. The Morgan fingerprint density at radius 1 is 1.14 bits per heavy atom. The first-order chi connectivity index (χ1) is 17.9. The number of fused-ring (bicyclic) bond motifs is 2. The van der Waals surface area contributed by atoms with E-state index in [2.05, 4.69) is 32.8 Å². The summed E-state index contributed by atoms with van der Waals surface area (Å²) in [6, 6.07) is 9.89. The zero-order valence-corrected chi connectivity index (χ0v) is 20.1. The van der Waals surface area contributed by atoms with Crippen LogP contribution < -0.4 is 15.4 Å². The normalized spacial score (nSPS) is 17.0. The molecule has 190 valence electrons. The summed E-state index contributed by atoms with van der Waals surface area (Å²) in [7, 11) is 3.13. The number of carbonyl (C=O) groups excluding carboxylic acids is 2. The van der Waals surface area contributed by atoms with Gasteiger partial charge in [-0.3, -0.25) is 10.1 Å². The van der Waals surface area contributed by atoms with E-state index in [0.717, 1.165) is 10.9 Å². The molecule has 12 nitrogen and oxygen atoms in total. The first-order valence-electron chi connectivity index (χ1n) is 11.3. The van der Waals surface area contributed by atoms with Crippen molar-refractivity contribution in [2.75, 3.05) is 27.4 Å². The molecular weight excluding hydrogens is 480 g/mol. The molecule has 3 amide bonds. The largest absolute Gasteiger partial charge is 0.497 e. The topological polar surface area (TPSA) is 142 Å². The van der Waals surface area contributed by atoms with E-state index in [-0.39, 0.29) is 19.2 Å². The maximum Gasteiger partial charge on any atom is 0.323 e. The van der Waals surface area contributed by atoms with Gasteiger partial charge in [-0.2, -0.15) is 0 Å². The predicted molar refractivity (Wildman–Crippen MR) is 132 cm³/mol. The molecular formula is C25H24N6O6. The van der Waals surface area contributed by atoms with Gasteiger partial charge in [0, 0.05) is 29.6 Å². The van der Waals surface area contributed by atoms with Gasteiger partial charge in [0.05, 0.1) is 32.4 Å². The van der Waals surface area contributed by atoms with Gasteiger partial charge in [0.15, 0.2) is 5.88 Å². The maximum atomic E-state index is 12.9. The monoisotopic (exact) mass is 504 g/mol. The van der Waals surface area contributed by atoms with Gasteiger partial charge in [0.1, 0.15) is 18.0 Å². The zero-order chi connectivity index (χ0) is 26.0. The molecule has 37 heavy (non-hydrogen) atoms. The molecule has 0 radical (unpaired) electrons. The molecule has 0 saturated carbocycles. The van der Waals surface area contributed by atoms with Gasteiger partial charge in [0.25, 0.3) is 5.91 Å². The quantitative estimate of drug-likeness (QED) is 0.186. The number of methoxy groups -OCH3 is 2. The molecule has 1 aliphatic rings. The van der Waals surface area contributed by atoms with E-state index in [0.29, 0.717) is 35.4 Å². The molecule has 12 heteroatoms. The fraction of sp³-hybridized carbons (Fsp3) is 0.280. The van der Waals surface area contributed by atoms with Crippen LogP contribution in [0.4, 0.5) is 4.79 Å². The van der Waals surface area contributed by atoms with Crippen molar-refractivity contribution in [3.05, 3.63) is 48.2 Å². The van der Waals surface area contributed by atoms with Crippen molar-refractivity contribution in [2.24, 2.45) is 0 Å². The van der Waals surface area contributed by atoms with Crippen LogP contribution in [0.3, 0.4) is 0 Å². The predicted octanol–water partition coefficient (Wildman–Crippen LogP) is 1.35. The van der Waals surface area contributed by atoms with Gasteiger partial charge in [-0.05, 0) is 36.4 Å². The number of urea groups is 1. The molecule has 1 fully saturated rings. The van der Waals surface area contributed by atoms with Crippen molar-refractivity contribution in [3.8, 4) is 23.5 Å². The number of nitrogens with zero attached hydrogens (tertiary/aromatic N) is 4. The zero-order valence-electron chi connectivity index (χ0n) is 20.1. The number of aromatic hydroxyl groups is 1. The van der Waals surface area contributed by atoms with Gasteiger partial charge in [-0.15, -0.1) is 5.10 Å². The number of rotatable bonds is 8. The summed E-state index contributed by atoms with van der Waals surface area (Å²) in [5, 5.41) is 25.2. The highest BCUT2D eigenvalue weighted by molar-refractivity contribution is 6.09. The highest BCUT2D eigenvalue weighted by atomic mass is 16.5. The summed E-state index contributed by atoms with van der Waals surface area (Å²) in [5.41, 5.74) is 0.318. The molecule has 0 aliphatic carbocycles. The minimum Gasteiger partial charge on any atom is -0.497 e. The summed E-state index contributed by atoms with van der Waals surface area (Å²) < 4.78 is 18.8. The van der Waals surface area contributed by atoms with Gasteiger partial charge in [-0.25, -0.2) is 9.48 Å². The molecule has 5 rings (SSSR count). The van der Waals surface area contributed by atoms with Crippen LogP contribution in [0.5, 0.6) is 11.6 Å². The van der Waals surface area contributed by atoms with Crippen molar-refractivity contribution in [2.45, 2.75) is 18.8 Å². The van der Waals surface area contributed by atoms with Gasteiger partial charge in [-0.1, -0.05) is 17.1 Å². The average molecular weight is 505 g/mol. The van der Waals surface area contributed by atoms with E-state index >= 15 is 0 Å². The van der Waals surface area contributed by atoms with E-state index in [1.54, 1.807) is 54.4 Å². The number of benzene rings is 2. The van der Waals surface area contributed by atoms with Gasteiger partial charge >= 0.3 is 6.03 Å². The number of aromatic nitrogens is 4. The molecule has 3 N–H and O–H groups in total. The minimum atomic E-state index is -1.60. The third kappa shape index (κ3) is 4.65. The molecule has 1 aliphatic heterocycles. The molecule has 2 aromatic carbocycles. The smallest absolute Gasteiger partial charge is 0.323 e. The van der Waals surface area contributed by atoms with Crippen LogP contribution in [0.1, 0.15) is 5.56 Å². The van der Waals surface area contributed by atoms with E-state index < -0.39 is 17.5 Å². The SMILES string of the molecule is COCCOCn1nnc2cc(C#C[C@]3(Cn4cc5ccc(OC)cc5c4O)NC(=O)NC3=O)ccc21. The lowest BCUT2D eigenvalue weighted by Crippen LogP contribution is -2.49. The van der Waals surface area contributed by atoms with Crippen LogP contribution in [0.2, 0.25) is 0 Å². The summed E-state index contributed by atoms with van der Waals surface area (Å²) in [6.07, 6.45) is 1.68. The number of amides is 3. The van der Waals surface area contributed by atoms with E-state index in [1.807, 2.05) is 0 Å². The fourth-order valence-corrected chi connectivity index (χ4v) is 4.08. The molecule has 0 spiro atoms. The Kier molecular flexibility index (Phi) is 6.39. The summed E-state index contributed by atoms with van der Waals surface area (Å²) >= 11 is 0. The van der Waals surface area contributed by atoms with Crippen molar-refractivity contribution in [1.82, 2.24) is 30.2 Å². The summed E-state index contributed by atoms with van der Waals surface area (Å²) in [6.45, 7) is 1.01. The van der Waals surface area contributed by atoms with E-state index in [9.17, 15) is 14.7 Å². The van der Waals surface area contributed by atoms with E-state index in [4.69, 9.17) is 14.2 Å². The first-order valence-corrected chi connectivity index (χ1v) is 11.3. The minimum absolute atomic E-state index is 0.0743. The third-order valence-electron chi connectivity index (χ3n) is 6.00. The molecule has 4 aromatic rings. The van der Waals surface area contributed by atoms with Crippen molar-refractivity contribution in [3.63, 3.8) is 0 Å². The number of nitrogens with one attached hydrogen (secondary N) is 2. The highest BCUT2D eigenvalue weighted by Crippen LogP contribution is 2.32.